The van der Waals surface area contributed by atoms with Gasteiger partial charge >= 0.3 is 0 Å². The van der Waals surface area contributed by atoms with E-state index in [0.29, 0.717) is 26.1 Å². The average Bonchev–Trinajstić information content (AvgIpc) is 3.20. The van der Waals surface area contributed by atoms with Gasteiger partial charge in [-0.2, -0.15) is 0 Å². The summed E-state index contributed by atoms with van der Waals surface area (Å²) in [6, 6.07) is 7.66. The summed E-state index contributed by atoms with van der Waals surface area (Å²) >= 11 is 0. The molecule has 104 valence electrons. The fraction of sp³-hybridized carbons (Fsp3) is 0.533. The number of benzene rings is 1. The molecule has 1 fully saturated rings. The molecular weight excluding hydrogens is 240 g/mol. The highest BCUT2D eigenvalue weighted by molar-refractivity contribution is 5.78. The van der Waals surface area contributed by atoms with Gasteiger partial charge in [0.2, 0.25) is 5.91 Å². The van der Waals surface area contributed by atoms with Crippen LogP contribution in [-0.2, 0) is 11.2 Å². The van der Waals surface area contributed by atoms with Crippen LogP contribution in [0.1, 0.15) is 25.3 Å². The normalized spacial score (nSPS) is 15.9. The second-order valence-corrected chi connectivity index (χ2v) is 5.23. The van der Waals surface area contributed by atoms with Crippen molar-refractivity contribution >= 4 is 5.91 Å². The van der Waals surface area contributed by atoms with E-state index in [1.807, 2.05) is 31.2 Å². The van der Waals surface area contributed by atoms with Crippen LogP contribution in [0.15, 0.2) is 24.3 Å². The Morgan fingerprint density at radius 3 is 2.58 bits per heavy atom. The Morgan fingerprint density at radius 2 is 2.05 bits per heavy atom. The van der Waals surface area contributed by atoms with Crippen molar-refractivity contribution in [1.29, 1.82) is 0 Å². The molecule has 0 radical (unpaired) electrons. The smallest absolute Gasteiger partial charge is 0.224 e. The van der Waals surface area contributed by atoms with E-state index in [0.717, 1.165) is 24.2 Å². The maximum atomic E-state index is 11.8. The third kappa shape index (κ3) is 3.96. The van der Waals surface area contributed by atoms with Crippen molar-refractivity contribution in [3.63, 3.8) is 0 Å². The monoisotopic (exact) mass is 262 g/mol. The van der Waals surface area contributed by atoms with Crippen LogP contribution in [0.5, 0.6) is 5.75 Å². The van der Waals surface area contributed by atoms with Crippen LogP contribution >= 0.6 is 0 Å². The van der Waals surface area contributed by atoms with Crippen LogP contribution in [0.2, 0.25) is 0 Å². The summed E-state index contributed by atoms with van der Waals surface area (Å²) in [7, 11) is 0. The first-order chi connectivity index (χ1) is 9.17. The van der Waals surface area contributed by atoms with Gasteiger partial charge in [0.25, 0.3) is 0 Å². The maximum Gasteiger partial charge on any atom is 0.224 e. The van der Waals surface area contributed by atoms with Crippen LogP contribution < -0.4 is 15.8 Å². The Hall–Kier alpha value is -1.55. The lowest BCUT2D eigenvalue weighted by Gasteiger charge is -2.13. The molecule has 1 aromatic rings. The number of carbonyl (C=O) groups excluding carboxylic acids is 1. The number of nitrogens with one attached hydrogen (secondary N) is 1. The third-order valence-corrected chi connectivity index (χ3v) is 3.65. The lowest BCUT2D eigenvalue weighted by Crippen LogP contribution is -2.34. The standard InChI is InChI=1S/C15H22N2O2/c1-2-19-13-5-3-12(4-6-13)9-14(18)17-11-15(10-16)7-8-15/h3-6H,2,7-11,16H2,1H3,(H,17,18). The summed E-state index contributed by atoms with van der Waals surface area (Å²) in [4.78, 5) is 11.8. The van der Waals surface area contributed by atoms with Gasteiger partial charge in [-0.1, -0.05) is 12.1 Å². The number of hydrogen-bond acceptors (Lipinski definition) is 3. The fourth-order valence-electron chi connectivity index (χ4n) is 2.03. The number of amides is 1. The van der Waals surface area contributed by atoms with Crippen LogP contribution in [0.25, 0.3) is 0 Å². The first-order valence-corrected chi connectivity index (χ1v) is 6.86. The van der Waals surface area contributed by atoms with Crippen molar-refractivity contribution in [2.24, 2.45) is 11.1 Å². The molecule has 2 rings (SSSR count). The molecular formula is C15H22N2O2. The molecule has 1 saturated carbocycles. The van der Waals surface area contributed by atoms with E-state index in [2.05, 4.69) is 5.32 Å². The molecule has 0 saturated heterocycles. The van der Waals surface area contributed by atoms with Gasteiger partial charge in [0.15, 0.2) is 0 Å². The minimum atomic E-state index is 0.0592. The van der Waals surface area contributed by atoms with Crippen molar-refractivity contribution in [3.8, 4) is 5.75 Å². The average molecular weight is 262 g/mol. The Kier molecular flexibility index (Phi) is 4.43. The Bertz CT molecular complexity index is 424. The van der Waals surface area contributed by atoms with Crippen LogP contribution in [0.4, 0.5) is 0 Å². The van der Waals surface area contributed by atoms with E-state index in [9.17, 15) is 4.79 Å². The van der Waals surface area contributed by atoms with E-state index >= 15 is 0 Å². The van der Waals surface area contributed by atoms with Crippen LogP contribution in [0, 0.1) is 5.41 Å². The van der Waals surface area contributed by atoms with Gasteiger partial charge in [-0.25, -0.2) is 0 Å². The molecule has 1 aliphatic carbocycles. The number of ether oxygens (including phenoxy) is 1. The first kappa shape index (κ1) is 13.9. The number of rotatable bonds is 7. The third-order valence-electron chi connectivity index (χ3n) is 3.65. The molecule has 19 heavy (non-hydrogen) atoms. The van der Waals surface area contributed by atoms with Gasteiger partial charge in [-0.3, -0.25) is 4.79 Å². The lowest BCUT2D eigenvalue weighted by atomic mass is 10.1. The van der Waals surface area contributed by atoms with E-state index in [1.54, 1.807) is 0 Å². The first-order valence-electron chi connectivity index (χ1n) is 6.86. The van der Waals surface area contributed by atoms with E-state index in [4.69, 9.17) is 10.5 Å². The van der Waals surface area contributed by atoms with Crippen molar-refractivity contribution < 1.29 is 9.53 Å². The number of nitrogens with two attached hydrogens (primary N) is 1. The molecule has 3 N–H and O–H groups in total. The molecule has 0 aromatic heterocycles. The predicted octanol–water partition coefficient (Wildman–Crippen LogP) is 1.48. The van der Waals surface area contributed by atoms with Crippen LogP contribution in [-0.4, -0.2) is 25.6 Å². The van der Waals surface area contributed by atoms with Crippen molar-refractivity contribution in [2.75, 3.05) is 19.7 Å². The zero-order chi connectivity index (χ0) is 13.7. The Labute approximate surface area is 114 Å². The highest BCUT2D eigenvalue weighted by atomic mass is 16.5. The van der Waals surface area contributed by atoms with Gasteiger partial charge in [0.05, 0.1) is 13.0 Å². The molecule has 0 heterocycles. The second-order valence-electron chi connectivity index (χ2n) is 5.23. The molecule has 0 atom stereocenters. The summed E-state index contributed by atoms with van der Waals surface area (Å²) in [5.41, 5.74) is 6.88. The lowest BCUT2D eigenvalue weighted by molar-refractivity contribution is -0.120. The fourth-order valence-corrected chi connectivity index (χ4v) is 2.03. The largest absolute Gasteiger partial charge is 0.494 e. The van der Waals surface area contributed by atoms with E-state index < -0.39 is 0 Å². The highest BCUT2D eigenvalue weighted by Gasteiger charge is 2.41. The number of carbonyl (C=O) groups is 1. The van der Waals surface area contributed by atoms with Crippen molar-refractivity contribution in [2.45, 2.75) is 26.2 Å². The molecule has 1 aliphatic rings. The van der Waals surface area contributed by atoms with Crippen molar-refractivity contribution in [3.05, 3.63) is 29.8 Å². The van der Waals surface area contributed by atoms with Gasteiger partial charge in [0, 0.05) is 6.54 Å². The number of hydrogen-bond donors (Lipinski definition) is 2. The quantitative estimate of drug-likeness (QED) is 0.782. The summed E-state index contributed by atoms with van der Waals surface area (Å²) in [5.74, 6) is 0.899. The van der Waals surface area contributed by atoms with Gasteiger partial charge < -0.3 is 15.8 Å². The Balaban J connectivity index is 1.78. The Morgan fingerprint density at radius 1 is 1.37 bits per heavy atom. The predicted molar refractivity (Wildman–Crippen MR) is 75.0 cm³/mol. The topological polar surface area (TPSA) is 64.3 Å². The highest BCUT2D eigenvalue weighted by Crippen LogP contribution is 2.43. The molecule has 4 nitrogen and oxygen atoms in total. The molecule has 0 aliphatic heterocycles. The van der Waals surface area contributed by atoms with Crippen LogP contribution in [0.3, 0.4) is 0 Å². The zero-order valence-corrected chi connectivity index (χ0v) is 11.4. The summed E-state index contributed by atoms with van der Waals surface area (Å²) in [6.07, 6.45) is 2.67. The molecule has 1 aromatic carbocycles. The second kappa shape index (κ2) is 6.06. The minimum absolute atomic E-state index is 0.0592. The summed E-state index contributed by atoms with van der Waals surface area (Å²) in [6.45, 7) is 3.98. The molecule has 0 unspecified atom stereocenters. The maximum absolute atomic E-state index is 11.8. The molecule has 0 spiro atoms. The molecule has 4 heteroatoms. The zero-order valence-electron chi connectivity index (χ0n) is 11.4. The summed E-state index contributed by atoms with van der Waals surface area (Å²) < 4.78 is 5.37. The van der Waals surface area contributed by atoms with E-state index in [1.165, 1.54) is 0 Å². The minimum Gasteiger partial charge on any atom is -0.494 e. The van der Waals surface area contributed by atoms with Gasteiger partial charge in [-0.05, 0) is 49.4 Å². The van der Waals surface area contributed by atoms with Crippen molar-refractivity contribution in [1.82, 2.24) is 5.32 Å². The molecule has 0 bridgehead atoms. The SMILES string of the molecule is CCOc1ccc(CC(=O)NCC2(CN)CC2)cc1. The van der Waals surface area contributed by atoms with E-state index in [-0.39, 0.29) is 11.3 Å². The van der Waals surface area contributed by atoms with Gasteiger partial charge in [-0.15, -0.1) is 0 Å². The molecule has 1 amide bonds. The van der Waals surface area contributed by atoms with Gasteiger partial charge in [0.1, 0.15) is 5.75 Å². The summed E-state index contributed by atoms with van der Waals surface area (Å²) in [5, 5.41) is 2.97.